The Morgan fingerprint density at radius 3 is 2.55 bits per heavy atom. The summed E-state index contributed by atoms with van der Waals surface area (Å²) in [5.74, 6) is 1.25. The van der Waals surface area contributed by atoms with Gasteiger partial charge < -0.3 is 18.8 Å². The summed E-state index contributed by atoms with van der Waals surface area (Å²) in [6.07, 6.45) is 3.94. The maximum atomic E-state index is 12.8. The standard InChI is InChI=1S/C25H27N3O5/c1-4-15-33-23-19(7-5-9-22(23)32-3)16-26-27-24(29)21-8-6-14-28(25(21)30)17-18-10-12-20(31-2)13-11-18/h5-14,16H,4,15,17H2,1-3H3,(H,27,29)/b26-16-. The van der Waals surface area contributed by atoms with E-state index in [0.717, 1.165) is 17.7 Å². The van der Waals surface area contributed by atoms with E-state index in [9.17, 15) is 9.59 Å². The zero-order chi connectivity index (χ0) is 23.6. The second-order valence-corrected chi connectivity index (χ2v) is 7.13. The zero-order valence-corrected chi connectivity index (χ0v) is 18.9. The molecule has 2 aromatic carbocycles. The van der Waals surface area contributed by atoms with Crippen molar-refractivity contribution < 1.29 is 19.0 Å². The lowest BCUT2D eigenvalue weighted by Crippen LogP contribution is -2.30. The molecule has 0 unspecified atom stereocenters. The number of rotatable bonds is 10. The number of pyridine rings is 1. The number of ether oxygens (including phenoxy) is 3. The fraction of sp³-hybridized carbons (Fsp3) is 0.240. The number of carbonyl (C=O) groups excluding carboxylic acids is 1. The second kappa shape index (κ2) is 11.5. The maximum Gasteiger partial charge on any atom is 0.276 e. The minimum Gasteiger partial charge on any atom is -0.497 e. The van der Waals surface area contributed by atoms with E-state index < -0.39 is 11.5 Å². The van der Waals surface area contributed by atoms with E-state index in [1.165, 1.54) is 16.8 Å². The van der Waals surface area contributed by atoms with Gasteiger partial charge in [-0.2, -0.15) is 5.10 Å². The van der Waals surface area contributed by atoms with Crippen LogP contribution in [0.3, 0.4) is 0 Å². The van der Waals surface area contributed by atoms with E-state index in [1.807, 2.05) is 31.2 Å². The summed E-state index contributed by atoms with van der Waals surface area (Å²) < 4.78 is 17.7. The van der Waals surface area contributed by atoms with E-state index in [0.29, 0.717) is 30.2 Å². The third-order valence-electron chi connectivity index (χ3n) is 4.83. The molecule has 3 rings (SSSR count). The number of methoxy groups -OCH3 is 2. The largest absolute Gasteiger partial charge is 0.497 e. The molecule has 0 aliphatic heterocycles. The molecular formula is C25H27N3O5. The van der Waals surface area contributed by atoms with Crippen LogP contribution in [0.5, 0.6) is 17.2 Å². The predicted octanol–water partition coefficient (Wildman–Crippen LogP) is 3.47. The van der Waals surface area contributed by atoms with Gasteiger partial charge in [0.15, 0.2) is 11.5 Å². The molecule has 0 atom stereocenters. The quantitative estimate of drug-likeness (QED) is 0.378. The summed E-state index contributed by atoms with van der Waals surface area (Å²) in [6.45, 7) is 2.85. The van der Waals surface area contributed by atoms with Gasteiger partial charge in [-0.05, 0) is 48.4 Å². The number of benzene rings is 2. The molecule has 0 radical (unpaired) electrons. The maximum absolute atomic E-state index is 12.8. The molecule has 33 heavy (non-hydrogen) atoms. The lowest BCUT2D eigenvalue weighted by atomic mass is 10.2. The highest BCUT2D eigenvalue weighted by atomic mass is 16.5. The molecule has 3 aromatic rings. The first-order chi connectivity index (χ1) is 16.1. The van der Waals surface area contributed by atoms with Gasteiger partial charge in [-0.15, -0.1) is 0 Å². The van der Waals surface area contributed by atoms with Crippen molar-refractivity contribution in [2.24, 2.45) is 5.10 Å². The lowest BCUT2D eigenvalue weighted by Gasteiger charge is -2.12. The number of nitrogens with one attached hydrogen (secondary N) is 1. The number of amides is 1. The minimum atomic E-state index is -0.598. The second-order valence-electron chi connectivity index (χ2n) is 7.13. The van der Waals surface area contributed by atoms with Gasteiger partial charge in [0.2, 0.25) is 0 Å². The van der Waals surface area contributed by atoms with Crippen LogP contribution >= 0.6 is 0 Å². The highest BCUT2D eigenvalue weighted by Gasteiger charge is 2.13. The van der Waals surface area contributed by atoms with Crippen LogP contribution in [-0.4, -0.2) is 37.5 Å². The fourth-order valence-electron chi connectivity index (χ4n) is 3.14. The fourth-order valence-corrected chi connectivity index (χ4v) is 3.14. The molecule has 0 spiro atoms. The van der Waals surface area contributed by atoms with Gasteiger partial charge >= 0.3 is 0 Å². The van der Waals surface area contributed by atoms with Crippen molar-refractivity contribution in [3.8, 4) is 17.2 Å². The van der Waals surface area contributed by atoms with Crippen molar-refractivity contribution in [3.05, 3.63) is 87.8 Å². The minimum absolute atomic E-state index is 0.00346. The Hall–Kier alpha value is -4.07. The summed E-state index contributed by atoms with van der Waals surface area (Å²) >= 11 is 0. The molecular weight excluding hydrogens is 422 g/mol. The van der Waals surface area contributed by atoms with E-state index in [2.05, 4.69) is 10.5 Å². The monoisotopic (exact) mass is 449 g/mol. The molecule has 1 heterocycles. The van der Waals surface area contributed by atoms with Crippen molar-refractivity contribution in [2.45, 2.75) is 19.9 Å². The highest BCUT2D eigenvalue weighted by Crippen LogP contribution is 2.30. The lowest BCUT2D eigenvalue weighted by molar-refractivity contribution is 0.0953. The van der Waals surface area contributed by atoms with Crippen LogP contribution in [0.25, 0.3) is 0 Å². The Balaban J connectivity index is 1.74. The molecule has 8 nitrogen and oxygen atoms in total. The Kier molecular flexibility index (Phi) is 8.24. The summed E-state index contributed by atoms with van der Waals surface area (Å²) in [4.78, 5) is 25.4. The number of hydrogen-bond acceptors (Lipinski definition) is 6. The predicted molar refractivity (Wildman–Crippen MR) is 127 cm³/mol. The average molecular weight is 450 g/mol. The number of hydrogen-bond donors (Lipinski definition) is 1. The van der Waals surface area contributed by atoms with Gasteiger partial charge in [0.1, 0.15) is 11.3 Å². The molecule has 1 aromatic heterocycles. The molecule has 0 saturated carbocycles. The Morgan fingerprint density at radius 1 is 1.06 bits per heavy atom. The molecule has 0 fully saturated rings. The Bertz CT molecular complexity index is 1170. The van der Waals surface area contributed by atoms with Crippen LogP contribution in [-0.2, 0) is 6.54 Å². The van der Waals surface area contributed by atoms with Crippen molar-refractivity contribution in [1.29, 1.82) is 0 Å². The van der Waals surface area contributed by atoms with Crippen molar-refractivity contribution >= 4 is 12.1 Å². The first-order valence-electron chi connectivity index (χ1n) is 10.5. The van der Waals surface area contributed by atoms with E-state index >= 15 is 0 Å². The molecule has 8 heteroatoms. The van der Waals surface area contributed by atoms with E-state index in [4.69, 9.17) is 14.2 Å². The molecule has 0 aliphatic rings. The molecule has 172 valence electrons. The van der Waals surface area contributed by atoms with Crippen molar-refractivity contribution in [2.75, 3.05) is 20.8 Å². The number of aromatic nitrogens is 1. The SMILES string of the molecule is CCCOc1c(/C=N\NC(=O)c2cccn(Cc3ccc(OC)cc3)c2=O)cccc1OC. The molecule has 0 bridgehead atoms. The number of carbonyl (C=O) groups is 1. The van der Waals surface area contributed by atoms with Gasteiger partial charge in [-0.25, -0.2) is 5.43 Å². The van der Waals surface area contributed by atoms with Gasteiger partial charge in [-0.3, -0.25) is 9.59 Å². The highest BCUT2D eigenvalue weighted by molar-refractivity contribution is 5.94. The third kappa shape index (κ3) is 6.00. The normalized spacial score (nSPS) is 10.8. The van der Waals surface area contributed by atoms with Gasteiger partial charge in [-0.1, -0.05) is 25.1 Å². The van der Waals surface area contributed by atoms with Crippen LogP contribution in [0, 0.1) is 0 Å². The van der Waals surface area contributed by atoms with E-state index in [1.54, 1.807) is 44.7 Å². The van der Waals surface area contributed by atoms with Crippen LogP contribution < -0.4 is 25.2 Å². The first-order valence-corrected chi connectivity index (χ1v) is 10.5. The first kappa shape index (κ1) is 23.6. The molecule has 1 amide bonds. The van der Waals surface area contributed by atoms with Gasteiger partial charge in [0.05, 0.1) is 33.6 Å². The summed E-state index contributed by atoms with van der Waals surface area (Å²) in [6, 6.07) is 15.9. The molecule has 0 saturated heterocycles. The van der Waals surface area contributed by atoms with Gasteiger partial charge in [0, 0.05) is 11.8 Å². The van der Waals surface area contributed by atoms with Crippen LogP contribution in [0.1, 0.15) is 34.8 Å². The summed E-state index contributed by atoms with van der Waals surface area (Å²) in [5.41, 5.74) is 3.56. The zero-order valence-electron chi connectivity index (χ0n) is 18.9. The topological polar surface area (TPSA) is 91.1 Å². The summed E-state index contributed by atoms with van der Waals surface area (Å²) in [5, 5.41) is 4.01. The Labute approximate surface area is 192 Å². The number of nitrogens with zero attached hydrogens (tertiary/aromatic N) is 2. The van der Waals surface area contributed by atoms with Crippen LogP contribution in [0.2, 0.25) is 0 Å². The van der Waals surface area contributed by atoms with Crippen molar-refractivity contribution in [3.63, 3.8) is 0 Å². The van der Waals surface area contributed by atoms with Crippen LogP contribution in [0.15, 0.2) is 70.7 Å². The molecule has 0 aliphatic carbocycles. The van der Waals surface area contributed by atoms with Crippen LogP contribution in [0.4, 0.5) is 0 Å². The van der Waals surface area contributed by atoms with Gasteiger partial charge in [0.25, 0.3) is 11.5 Å². The van der Waals surface area contributed by atoms with Crippen molar-refractivity contribution in [1.82, 2.24) is 9.99 Å². The number of hydrazone groups is 1. The smallest absolute Gasteiger partial charge is 0.276 e. The number of para-hydroxylation sites is 1. The average Bonchev–Trinajstić information content (AvgIpc) is 2.84. The third-order valence-corrected chi connectivity index (χ3v) is 4.83. The molecule has 1 N–H and O–H groups in total. The Morgan fingerprint density at radius 2 is 1.85 bits per heavy atom. The summed E-state index contributed by atoms with van der Waals surface area (Å²) in [7, 11) is 3.15. The van der Waals surface area contributed by atoms with E-state index in [-0.39, 0.29) is 5.56 Å².